The van der Waals surface area contributed by atoms with Gasteiger partial charge in [-0.15, -0.1) is 11.8 Å². The number of carboxylic acids is 1. The summed E-state index contributed by atoms with van der Waals surface area (Å²) in [7, 11) is 0. The van der Waals surface area contributed by atoms with Crippen molar-refractivity contribution in [3.63, 3.8) is 0 Å². The number of pyridine rings is 1. The molecule has 0 fully saturated rings. The number of aliphatic carboxylic acids is 1. The Kier molecular flexibility index (Phi) is 8.70. The number of halogens is 2. The number of hydrogen-bond donors (Lipinski definition) is 0. The number of aromatic nitrogens is 1. The maximum Gasteiger partial charge on any atom is 1.00 e. The van der Waals surface area contributed by atoms with E-state index in [9.17, 15) is 14.3 Å². The Labute approximate surface area is 240 Å². The molecule has 3 nitrogen and oxygen atoms in total. The summed E-state index contributed by atoms with van der Waals surface area (Å²) in [5, 5.41) is 11.8. The number of thioether (sulfide) groups is 1. The van der Waals surface area contributed by atoms with Crippen molar-refractivity contribution in [3.8, 4) is 0 Å². The van der Waals surface area contributed by atoms with Crippen LogP contribution in [0.15, 0.2) is 66.7 Å². The molecule has 0 bridgehead atoms. The molecule has 4 aromatic rings. The maximum absolute atomic E-state index is 13.7. The first-order chi connectivity index (χ1) is 17.0. The summed E-state index contributed by atoms with van der Waals surface area (Å²) in [5.41, 5.74) is 6.89. The second kappa shape index (κ2) is 11.8. The Bertz CT molecular complexity index is 1500. The molecule has 0 saturated carbocycles. The van der Waals surface area contributed by atoms with Gasteiger partial charge in [-0.05, 0) is 70.3 Å². The molecule has 0 N–H and O–H groups in total. The Balaban J connectivity index is 0.00000304. The Morgan fingerprint density at radius 2 is 1.78 bits per heavy atom. The predicted molar refractivity (Wildman–Crippen MR) is 141 cm³/mol. The Morgan fingerprint density at radius 1 is 1.00 bits per heavy atom. The molecule has 36 heavy (non-hydrogen) atoms. The van der Waals surface area contributed by atoms with Gasteiger partial charge in [0.1, 0.15) is 5.82 Å². The van der Waals surface area contributed by atoms with Gasteiger partial charge in [0.15, 0.2) is 0 Å². The summed E-state index contributed by atoms with van der Waals surface area (Å²) >= 11 is 7.53. The minimum Gasteiger partial charge on any atom is -0.550 e. The molecule has 7 heteroatoms. The molecule has 0 spiro atoms. The number of fused-ring (bicyclic) bond motifs is 3. The van der Waals surface area contributed by atoms with Gasteiger partial charge in [-0.25, -0.2) is 9.37 Å². The summed E-state index contributed by atoms with van der Waals surface area (Å²) in [6.45, 7) is 0. The molecule has 5 rings (SSSR count). The van der Waals surface area contributed by atoms with Crippen LogP contribution in [0.3, 0.4) is 0 Å². The summed E-state index contributed by atoms with van der Waals surface area (Å²) in [5.74, 6) is -1.04. The smallest absolute Gasteiger partial charge is 0.550 e. The number of carbonyl (C=O) groups is 1. The Hall–Kier alpha value is -2.41. The van der Waals surface area contributed by atoms with E-state index in [1.54, 1.807) is 11.8 Å². The van der Waals surface area contributed by atoms with E-state index in [1.165, 1.54) is 12.1 Å². The molecule has 0 saturated heterocycles. The zero-order valence-electron chi connectivity index (χ0n) is 19.6. The van der Waals surface area contributed by atoms with Crippen LogP contribution in [0.5, 0.6) is 0 Å². The topological polar surface area (TPSA) is 53.0 Å². The molecule has 1 heterocycles. The van der Waals surface area contributed by atoms with Gasteiger partial charge in [0.2, 0.25) is 0 Å². The fourth-order valence-electron chi connectivity index (χ4n) is 4.17. The van der Waals surface area contributed by atoms with Gasteiger partial charge in [0.25, 0.3) is 0 Å². The van der Waals surface area contributed by atoms with Crippen molar-refractivity contribution in [1.82, 2.24) is 4.98 Å². The summed E-state index contributed by atoms with van der Waals surface area (Å²) in [6.07, 6.45) is 8.12. The average Bonchev–Trinajstić information content (AvgIpc) is 3.00. The number of rotatable bonds is 6. The molecule has 1 aromatic heterocycles. The van der Waals surface area contributed by atoms with Gasteiger partial charge in [-0.3, -0.25) is 0 Å². The number of benzene rings is 3. The van der Waals surface area contributed by atoms with E-state index in [-0.39, 0.29) is 46.3 Å². The minimum absolute atomic E-state index is 0. The van der Waals surface area contributed by atoms with Crippen LogP contribution in [-0.4, -0.2) is 16.7 Å². The normalized spacial score (nSPS) is 14.2. The van der Waals surface area contributed by atoms with Gasteiger partial charge in [-0.1, -0.05) is 72.3 Å². The molecular weight excluding hydrogens is 504 g/mol. The van der Waals surface area contributed by atoms with Crippen LogP contribution in [0.1, 0.15) is 45.2 Å². The second-order valence-corrected chi connectivity index (χ2v) is 9.87. The standard InChI is InChI=1S/C29H21ClFNO2S.Na/c30-25-17-27-21(16-26(25)31)10-12-22(32-27)11-6-18-5-7-20-9-8-19-3-1-2-4-23(19)29(24(20)15-18)35-14-13-28(33)34;/h1-12,15-17,29H,13-14H2,(H,33,34);/q;+1/p-1. The molecule has 1 unspecified atom stereocenters. The summed E-state index contributed by atoms with van der Waals surface area (Å²) in [4.78, 5) is 15.6. The van der Waals surface area contributed by atoms with Crippen LogP contribution in [0, 0.1) is 5.82 Å². The number of carboxylic acid groups (broad SMARTS) is 1. The Morgan fingerprint density at radius 3 is 2.58 bits per heavy atom. The van der Waals surface area contributed by atoms with E-state index < -0.39 is 11.8 Å². The van der Waals surface area contributed by atoms with Crippen molar-refractivity contribution in [2.75, 3.05) is 5.75 Å². The zero-order valence-corrected chi connectivity index (χ0v) is 23.2. The molecule has 3 aromatic carbocycles. The molecule has 174 valence electrons. The largest absolute Gasteiger partial charge is 1.00 e. The molecule has 1 atom stereocenters. The minimum atomic E-state index is -1.04. The van der Waals surface area contributed by atoms with Crippen molar-refractivity contribution < 1.29 is 43.8 Å². The van der Waals surface area contributed by atoms with Gasteiger partial charge >= 0.3 is 29.6 Å². The number of nitrogens with zero attached hydrogens (tertiary/aromatic N) is 1. The van der Waals surface area contributed by atoms with Crippen molar-refractivity contribution in [2.45, 2.75) is 11.7 Å². The van der Waals surface area contributed by atoms with Crippen molar-refractivity contribution >= 4 is 64.5 Å². The van der Waals surface area contributed by atoms with Crippen LogP contribution in [-0.2, 0) is 4.79 Å². The first-order valence-electron chi connectivity index (χ1n) is 11.1. The molecule has 1 aliphatic rings. The van der Waals surface area contributed by atoms with Gasteiger partial charge in [0, 0.05) is 11.4 Å². The molecule has 1 aliphatic carbocycles. The molecule has 0 amide bonds. The van der Waals surface area contributed by atoms with Crippen LogP contribution in [0.4, 0.5) is 4.39 Å². The van der Waals surface area contributed by atoms with Gasteiger partial charge in [-0.2, -0.15) is 0 Å². The van der Waals surface area contributed by atoms with E-state index in [1.807, 2.05) is 42.5 Å². The van der Waals surface area contributed by atoms with Crippen molar-refractivity contribution in [2.24, 2.45) is 0 Å². The van der Waals surface area contributed by atoms with Crippen LogP contribution < -0.4 is 34.7 Å². The van der Waals surface area contributed by atoms with E-state index in [2.05, 4.69) is 41.4 Å². The number of carbonyl (C=O) groups excluding carboxylic acids is 1. The van der Waals surface area contributed by atoms with E-state index in [0.29, 0.717) is 16.7 Å². The third-order valence-electron chi connectivity index (χ3n) is 5.90. The zero-order chi connectivity index (χ0) is 24.4. The SMILES string of the molecule is O=C([O-])CCSC1c2ccccc2C=Cc2ccc(C=Cc3ccc4cc(F)c(Cl)cc4n3)cc21.[Na+]. The van der Waals surface area contributed by atoms with Crippen LogP contribution >= 0.6 is 23.4 Å². The van der Waals surface area contributed by atoms with E-state index >= 15 is 0 Å². The third-order valence-corrected chi connectivity index (χ3v) is 7.47. The number of hydrogen-bond acceptors (Lipinski definition) is 4. The van der Waals surface area contributed by atoms with Gasteiger partial charge < -0.3 is 9.90 Å². The monoisotopic (exact) mass is 523 g/mol. The molecule has 0 radical (unpaired) electrons. The summed E-state index contributed by atoms with van der Waals surface area (Å²) in [6, 6.07) is 21.0. The fraction of sp³-hybridized carbons (Fsp3) is 0.103. The summed E-state index contributed by atoms with van der Waals surface area (Å²) < 4.78 is 13.7. The molecular formula is C29H20ClFNNaO2S. The third kappa shape index (κ3) is 5.93. The van der Waals surface area contributed by atoms with Crippen LogP contribution in [0.25, 0.3) is 35.2 Å². The van der Waals surface area contributed by atoms with Crippen LogP contribution in [0.2, 0.25) is 5.02 Å². The van der Waals surface area contributed by atoms with Gasteiger partial charge in [0.05, 0.1) is 21.5 Å². The average molecular weight is 524 g/mol. The maximum atomic E-state index is 13.7. The van der Waals surface area contributed by atoms with Crippen molar-refractivity contribution in [1.29, 1.82) is 0 Å². The molecule has 0 aliphatic heterocycles. The second-order valence-electron chi connectivity index (χ2n) is 8.25. The first-order valence-corrected chi connectivity index (χ1v) is 12.6. The fourth-order valence-corrected chi connectivity index (χ4v) is 5.63. The van der Waals surface area contributed by atoms with E-state index in [0.717, 1.165) is 33.5 Å². The first kappa shape index (κ1) is 26.6. The predicted octanol–water partition coefficient (Wildman–Crippen LogP) is 3.65. The van der Waals surface area contributed by atoms with E-state index in [4.69, 9.17) is 11.6 Å². The quantitative estimate of drug-likeness (QED) is 0.362. The van der Waals surface area contributed by atoms with Crippen molar-refractivity contribution in [3.05, 3.63) is 111 Å².